The normalized spacial score (nSPS) is 10.1. The van der Waals surface area contributed by atoms with Gasteiger partial charge in [0.1, 0.15) is 0 Å². The van der Waals surface area contributed by atoms with Gasteiger partial charge >= 0.3 is 0 Å². The van der Waals surface area contributed by atoms with Gasteiger partial charge < -0.3 is 10.5 Å². The number of primary amides is 1. The third-order valence-electron chi connectivity index (χ3n) is 1.57. The van der Waals surface area contributed by atoms with Gasteiger partial charge in [-0.3, -0.25) is 4.79 Å². The van der Waals surface area contributed by atoms with Crippen molar-refractivity contribution < 1.29 is 18.3 Å². The van der Waals surface area contributed by atoms with E-state index in [1.165, 1.54) is 6.07 Å². The molecule has 15 heavy (non-hydrogen) atoms. The Morgan fingerprint density at radius 2 is 2.13 bits per heavy atom. The average Bonchev–Trinajstić information content (AvgIpc) is 2.12. The van der Waals surface area contributed by atoms with Crippen molar-refractivity contribution in [2.75, 3.05) is 6.61 Å². The molecular formula is C9H8BrF2NO2. The minimum absolute atomic E-state index is 0.0480. The van der Waals surface area contributed by atoms with E-state index in [1.54, 1.807) is 0 Å². The molecule has 1 amide bonds. The van der Waals surface area contributed by atoms with Crippen LogP contribution in [0, 0.1) is 11.6 Å². The summed E-state index contributed by atoms with van der Waals surface area (Å²) < 4.78 is 31.1. The summed E-state index contributed by atoms with van der Waals surface area (Å²) in [6.45, 7) is -0.0812. The van der Waals surface area contributed by atoms with Crippen LogP contribution in [0.15, 0.2) is 16.6 Å². The highest BCUT2D eigenvalue weighted by atomic mass is 79.9. The molecule has 0 bridgehead atoms. The van der Waals surface area contributed by atoms with Gasteiger partial charge in [-0.2, -0.15) is 4.39 Å². The highest BCUT2D eigenvalue weighted by Gasteiger charge is 2.11. The van der Waals surface area contributed by atoms with E-state index in [0.717, 1.165) is 6.07 Å². The van der Waals surface area contributed by atoms with Gasteiger partial charge in [0.05, 0.1) is 13.0 Å². The molecule has 0 heterocycles. The molecule has 0 aliphatic carbocycles. The summed E-state index contributed by atoms with van der Waals surface area (Å²) in [4.78, 5) is 10.4. The van der Waals surface area contributed by atoms with Gasteiger partial charge in [-0.1, -0.05) is 15.9 Å². The number of hydrogen-bond acceptors (Lipinski definition) is 2. The van der Waals surface area contributed by atoms with E-state index in [-0.39, 0.29) is 18.8 Å². The summed E-state index contributed by atoms with van der Waals surface area (Å²) in [5.41, 5.74) is 4.86. The van der Waals surface area contributed by atoms with Gasteiger partial charge in [-0.25, -0.2) is 4.39 Å². The van der Waals surface area contributed by atoms with Crippen LogP contribution in [0.1, 0.15) is 6.42 Å². The molecule has 0 unspecified atom stereocenters. The number of ether oxygens (including phenoxy) is 1. The lowest BCUT2D eigenvalue weighted by molar-refractivity contribution is -0.118. The van der Waals surface area contributed by atoms with E-state index in [1.807, 2.05) is 0 Å². The van der Waals surface area contributed by atoms with Crippen LogP contribution in [0.3, 0.4) is 0 Å². The van der Waals surface area contributed by atoms with Crippen LogP contribution in [0.25, 0.3) is 0 Å². The number of carbonyl (C=O) groups excluding carboxylic acids is 1. The van der Waals surface area contributed by atoms with E-state index >= 15 is 0 Å². The molecule has 0 aromatic heterocycles. The Bertz CT molecular complexity index is 385. The number of halogens is 3. The number of carbonyl (C=O) groups is 1. The maximum atomic E-state index is 13.1. The highest BCUT2D eigenvalue weighted by Crippen LogP contribution is 2.25. The minimum Gasteiger partial charge on any atom is -0.490 e. The SMILES string of the molecule is NC(=O)CCOc1cc(Br)cc(F)c1F. The van der Waals surface area contributed by atoms with Crippen molar-refractivity contribution >= 4 is 21.8 Å². The number of nitrogens with two attached hydrogens (primary N) is 1. The van der Waals surface area contributed by atoms with Gasteiger partial charge in [0.15, 0.2) is 11.6 Å². The summed E-state index contributed by atoms with van der Waals surface area (Å²) in [6, 6.07) is 2.26. The second-order valence-corrected chi connectivity index (χ2v) is 3.68. The number of hydrogen-bond donors (Lipinski definition) is 1. The fraction of sp³-hybridized carbons (Fsp3) is 0.222. The minimum atomic E-state index is -1.08. The highest BCUT2D eigenvalue weighted by molar-refractivity contribution is 9.10. The summed E-state index contributed by atoms with van der Waals surface area (Å²) >= 11 is 2.99. The third-order valence-corrected chi connectivity index (χ3v) is 2.02. The Morgan fingerprint density at radius 3 is 2.73 bits per heavy atom. The summed E-state index contributed by atoms with van der Waals surface area (Å²) in [6.07, 6.45) is -0.0480. The second kappa shape index (κ2) is 5.06. The van der Waals surface area contributed by atoms with E-state index in [0.29, 0.717) is 4.47 Å². The zero-order chi connectivity index (χ0) is 11.4. The Kier molecular flexibility index (Phi) is 4.02. The fourth-order valence-corrected chi connectivity index (χ4v) is 1.31. The van der Waals surface area contributed by atoms with Crippen molar-refractivity contribution in [2.45, 2.75) is 6.42 Å². The largest absolute Gasteiger partial charge is 0.490 e. The van der Waals surface area contributed by atoms with Gasteiger partial charge in [-0.15, -0.1) is 0 Å². The Labute approximate surface area is 93.3 Å². The molecule has 82 valence electrons. The Morgan fingerprint density at radius 1 is 1.47 bits per heavy atom. The van der Waals surface area contributed by atoms with Crippen LogP contribution in [-0.4, -0.2) is 12.5 Å². The van der Waals surface area contributed by atoms with Gasteiger partial charge in [0.25, 0.3) is 0 Å². The van der Waals surface area contributed by atoms with Crippen molar-refractivity contribution in [3.63, 3.8) is 0 Å². The lowest BCUT2D eigenvalue weighted by Crippen LogP contribution is -2.15. The lowest BCUT2D eigenvalue weighted by atomic mass is 10.3. The Balaban J connectivity index is 2.72. The average molecular weight is 280 g/mol. The maximum Gasteiger partial charge on any atom is 0.220 e. The first-order valence-corrected chi connectivity index (χ1v) is 4.85. The van der Waals surface area contributed by atoms with Crippen LogP contribution in [0.2, 0.25) is 0 Å². The van der Waals surface area contributed by atoms with Crippen LogP contribution in [0.5, 0.6) is 5.75 Å². The monoisotopic (exact) mass is 279 g/mol. The van der Waals surface area contributed by atoms with Crippen molar-refractivity contribution in [1.29, 1.82) is 0 Å². The van der Waals surface area contributed by atoms with Crippen LogP contribution in [0.4, 0.5) is 8.78 Å². The van der Waals surface area contributed by atoms with Crippen molar-refractivity contribution in [2.24, 2.45) is 5.73 Å². The number of rotatable bonds is 4. The topological polar surface area (TPSA) is 52.3 Å². The van der Waals surface area contributed by atoms with Gasteiger partial charge in [0, 0.05) is 4.47 Å². The first kappa shape index (κ1) is 11.9. The maximum absolute atomic E-state index is 13.1. The fourth-order valence-electron chi connectivity index (χ4n) is 0.899. The lowest BCUT2D eigenvalue weighted by Gasteiger charge is -2.06. The molecule has 0 spiro atoms. The van der Waals surface area contributed by atoms with Crippen LogP contribution >= 0.6 is 15.9 Å². The molecule has 0 aliphatic rings. The van der Waals surface area contributed by atoms with Gasteiger partial charge in [-0.05, 0) is 12.1 Å². The number of benzene rings is 1. The zero-order valence-electron chi connectivity index (χ0n) is 7.60. The predicted octanol–water partition coefficient (Wildman–Crippen LogP) is 1.98. The molecule has 1 aromatic rings. The molecule has 1 aromatic carbocycles. The van der Waals surface area contributed by atoms with E-state index in [9.17, 15) is 13.6 Å². The molecule has 1 rings (SSSR count). The molecule has 2 N–H and O–H groups in total. The van der Waals surface area contributed by atoms with Gasteiger partial charge in [0.2, 0.25) is 11.7 Å². The van der Waals surface area contributed by atoms with Crippen molar-refractivity contribution in [1.82, 2.24) is 0 Å². The molecule has 0 saturated carbocycles. The standard InChI is InChI=1S/C9H8BrF2NO2/c10-5-3-6(11)9(12)7(4-5)15-2-1-8(13)14/h3-4H,1-2H2,(H2,13,14). The van der Waals surface area contributed by atoms with Crippen molar-refractivity contribution in [3.8, 4) is 5.75 Å². The predicted molar refractivity (Wildman–Crippen MR) is 53.4 cm³/mol. The molecule has 6 heteroatoms. The van der Waals surface area contributed by atoms with E-state index in [2.05, 4.69) is 15.9 Å². The van der Waals surface area contributed by atoms with Crippen LogP contribution < -0.4 is 10.5 Å². The quantitative estimate of drug-likeness (QED) is 0.857. The van der Waals surface area contributed by atoms with E-state index < -0.39 is 17.5 Å². The number of amides is 1. The molecule has 0 radical (unpaired) electrons. The molecule has 0 saturated heterocycles. The molecule has 0 atom stereocenters. The summed E-state index contributed by atoms with van der Waals surface area (Å²) in [5.74, 6) is -2.91. The molecule has 0 fully saturated rings. The molecular weight excluding hydrogens is 272 g/mol. The van der Waals surface area contributed by atoms with E-state index in [4.69, 9.17) is 10.5 Å². The zero-order valence-corrected chi connectivity index (χ0v) is 9.18. The first-order valence-electron chi connectivity index (χ1n) is 4.06. The first-order chi connectivity index (χ1) is 7.00. The molecule has 0 aliphatic heterocycles. The summed E-state index contributed by atoms with van der Waals surface area (Å²) in [5, 5.41) is 0. The van der Waals surface area contributed by atoms with Crippen LogP contribution in [-0.2, 0) is 4.79 Å². The van der Waals surface area contributed by atoms with Crippen molar-refractivity contribution in [3.05, 3.63) is 28.2 Å². The molecule has 3 nitrogen and oxygen atoms in total. The second-order valence-electron chi connectivity index (χ2n) is 2.76. The Hall–Kier alpha value is -1.17. The summed E-state index contributed by atoms with van der Waals surface area (Å²) in [7, 11) is 0. The smallest absolute Gasteiger partial charge is 0.220 e. The third kappa shape index (κ3) is 3.47.